The average molecular weight is 579 g/mol. The van der Waals surface area contributed by atoms with Crippen LogP contribution < -0.4 is 5.32 Å². The van der Waals surface area contributed by atoms with Crippen LogP contribution in [0, 0.1) is 17.5 Å². The second-order valence-corrected chi connectivity index (χ2v) is 11.3. The minimum absolute atomic E-state index is 0.0161. The van der Waals surface area contributed by atoms with Crippen LogP contribution in [0.4, 0.5) is 19.0 Å². The molecule has 6 nitrogen and oxygen atoms in total. The molecule has 1 spiro atoms. The molecule has 2 atom stereocenters. The molecule has 0 unspecified atom stereocenters. The van der Waals surface area contributed by atoms with Gasteiger partial charge in [0.05, 0.1) is 5.41 Å². The van der Waals surface area contributed by atoms with E-state index in [9.17, 15) is 22.8 Å². The molecule has 2 aliphatic heterocycles. The van der Waals surface area contributed by atoms with E-state index in [4.69, 9.17) is 0 Å². The van der Waals surface area contributed by atoms with Gasteiger partial charge in [0.1, 0.15) is 29.0 Å². The SMILES string of the molecule is C[C@@]1(c2cc(F)cc(F)c2)N=C(c2ccccc2F)C(=O)N1C/C=C/c1ccc2c(c1)C[C@@]1(C2)C(=O)Nc2ncccc21. The van der Waals surface area contributed by atoms with Gasteiger partial charge in [0.25, 0.3) is 5.91 Å². The van der Waals surface area contributed by atoms with Gasteiger partial charge in [-0.3, -0.25) is 9.59 Å². The second-order valence-electron chi connectivity index (χ2n) is 11.3. The highest BCUT2D eigenvalue weighted by molar-refractivity contribution is 6.46. The number of hydrogen-bond acceptors (Lipinski definition) is 4. The van der Waals surface area contributed by atoms with E-state index in [-0.39, 0.29) is 29.3 Å². The molecule has 9 heteroatoms. The molecule has 0 fully saturated rings. The van der Waals surface area contributed by atoms with E-state index >= 15 is 0 Å². The number of fused-ring (bicyclic) bond motifs is 3. The van der Waals surface area contributed by atoms with Gasteiger partial charge in [-0.15, -0.1) is 0 Å². The van der Waals surface area contributed by atoms with Crippen LogP contribution in [-0.4, -0.2) is 34.0 Å². The first kappa shape index (κ1) is 26.8. The molecule has 4 aromatic rings. The van der Waals surface area contributed by atoms with Crippen molar-refractivity contribution in [3.05, 3.63) is 136 Å². The minimum atomic E-state index is -1.48. The lowest BCUT2D eigenvalue weighted by Crippen LogP contribution is -2.43. The predicted molar refractivity (Wildman–Crippen MR) is 156 cm³/mol. The summed E-state index contributed by atoms with van der Waals surface area (Å²) < 4.78 is 43.2. The fourth-order valence-corrected chi connectivity index (χ4v) is 6.47. The summed E-state index contributed by atoms with van der Waals surface area (Å²) in [5, 5.41) is 2.91. The van der Waals surface area contributed by atoms with Gasteiger partial charge in [-0.05, 0) is 66.8 Å². The fourth-order valence-electron chi connectivity index (χ4n) is 6.47. The first-order chi connectivity index (χ1) is 20.7. The quantitative estimate of drug-likeness (QED) is 0.330. The largest absolute Gasteiger partial charge is 0.310 e. The molecular formula is C34H25F3N4O2. The van der Waals surface area contributed by atoms with Crippen molar-refractivity contribution in [2.75, 3.05) is 11.9 Å². The molecule has 214 valence electrons. The molecule has 3 aromatic carbocycles. The second kappa shape index (κ2) is 9.76. The van der Waals surface area contributed by atoms with Crippen molar-refractivity contribution in [3.63, 3.8) is 0 Å². The first-order valence-electron chi connectivity index (χ1n) is 13.9. The lowest BCUT2D eigenvalue weighted by Gasteiger charge is -2.32. The van der Waals surface area contributed by atoms with E-state index < -0.39 is 34.4 Å². The zero-order valence-electron chi connectivity index (χ0n) is 23.1. The molecule has 2 amide bonds. The van der Waals surface area contributed by atoms with Crippen molar-refractivity contribution in [2.24, 2.45) is 4.99 Å². The maximum Gasteiger partial charge on any atom is 0.275 e. The number of carbonyl (C=O) groups is 2. The van der Waals surface area contributed by atoms with E-state index in [1.807, 2.05) is 36.4 Å². The van der Waals surface area contributed by atoms with Crippen LogP contribution >= 0.6 is 0 Å². The molecule has 0 bridgehead atoms. The van der Waals surface area contributed by atoms with Crippen LogP contribution in [0.1, 0.15) is 40.3 Å². The van der Waals surface area contributed by atoms with Crippen molar-refractivity contribution >= 4 is 29.4 Å². The molecule has 1 aromatic heterocycles. The molecule has 1 N–H and O–H groups in total. The lowest BCUT2D eigenvalue weighted by atomic mass is 9.79. The van der Waals surface area contributed by atoms with Crippen LogP contribution in [0.25, 0.3) is 6.08 Å². The summed E-state index contributed by atoms with van der Waals surface area (Å²) in [4.78, 5) is 36.9. The lowest BCUT2D eigenvalue weighted by molar-refractivity contribution is -0.126. The van der Waals surface area contributed by atoms with Crippen molar-refractivity contribution < 1.29 is 22.8 Å². The first-order valence-corrected chi connectivity index (χ1v) is 13.9. The summed E-state index contributed by atoms with van der Waals surface area (Å²) in [5.41, 5.74) is 1.76. The van der Waals surface area contributed by atoms with E-state index in [1.165, 1.54) is 23.1 Å². The molecule has 43 heavy (non-hydrogen) atoms. The van der Waals surface area contributed by atoms with Gasteiger partial charge in [0.15, 0.2) is 5.66 Å². The number of pyridine rings is 1. The average Bonchev–Trinajstić information content (AvgIpc) is 3.58. The Kier molecular flexibility index (Phi) is 6.09. The number of anilines is 1. The Bertz CT molecular complexity index is 1880. The predicted octanol–water partition coefficient (Wildman–Crippen LogP) is 5.71. The van der Waals surface area contributed by atoms with E-state index in [1.54, 1.807) is 25.3 Å². The van der Waals surface area contributed by atoms with Crippen LogP contribution in [0.15, 0.2) is 90.1 Å². The Hall–Kier alpha value is -5.05. The number of aromatic nitrogens is 1. The molecule has 1 aliphatic carbocycles. The van der Waals surface area contributed by atoms with Crippen LogP contribution in [0.3, 0.4) is 0 Å². The minimum Gasteiger partial charge on any atom is -0.310 e. The van der Waals surface area contributed by atoms with Crippen LogP contribution in [0.2, 0.25) is 0 Å². The highest BCUT2D eigenvalue weighted by atomic mass is 19.1. The molecule has 0 saturated carbocycles. The van der Waals surface area contributed by atoms with Gasteiger partial charge < -0.3 is 10.2 Å². The van der Waals surface area contributed by atoms with Crippen LogP contribution in [0.5, 0.6) is 0 Å². The Morgan fingerprint density at radius 1 is 0.930 bits per heavy atom. The monoisotopic (exact) mass is 578 g/mol. The van der Waals surface area contributed by atoms with Crippen molar-refractivity contribution in [2.45, 2.75) is 30.8 Å². The van der Waals surface area contributed by atoms with Gasteiger partial charge in [-0.25, -0.2) is 23.1 Å². The molecule has 3 aliphatic rings. The Balaban J connectivity index is 1.18. The van der Waals surface area contributed by atoms with E-state index in [0.29, 0.717) is 18.7 Å². The van der Waals surface area contributed by atoms with Gasteiger partial charge in [-0.2, -0.15) is 0 Å². The number of carbonyl (C=O) groups excluding carboxylic acids is 2. The fraction of sp³-hybridized carbons (Fsp3) is 0.176. The third-order valence-corrected chi connectivity index (χ3v) is 8.64. The third-order valence-electron chi connectivity index (χ3n) is 8.64. The van der Waals surface area contributed by atoms with Crippen LogP contribution in [-0.2, 0) is 33.5 Å². The molecule has 0 saturated heterocycles. The summed E-state index contributed by atoms with van der Waals surface area (Å²) in [6, 6.07) is 18.5. The third kappa shape index (κ3) is 4.26. The number of hydrogen-bond donors (Lipinski definition) is 1. The van der Waals surface area contributed by atoms with Gasteiger partial charge in [0, 0.05) is 35.5 Å². The maximum atomic E-state index is 14.7. The van der Waals surface area contributed by atoms with Gasteiger partial charge in [0.2, 0.25) is 5.91 Å². The Morgan fingerprint density at radius 2 is 1.70 bits per heavy atom. The molecule has 7 rings (SSSR count). The highest BCUT2D eigenvalue weighted by Gasteiger charge is 2.51. The number of nitrogens with zero attached hydrogens (tertiary/aromatic N) is 3. The molecular weight excluding hydrogens is 553 g/mol. The number of aliphatic imine (C=N–C) groups is 1. The summed E-state index contributed by atoms with van der Waals surface area (Å²) in [6.07, 6.45) is 6.39. The normalized spacial score (nSPS) is 22.3. The van der Waals surface area contributed by atoms with Gasteiger partial charge >= 0.3 is 0 Å². The maximum absolute atomic E-state index is 14.7. The standard InChI is InChI=1S/C34H25F3N4O2/c1-33(23-15-24(35)17-25(36)16-23)40-29(26-7-2-3-9-28(26)37)31(42)41(33)13-5-6-20-10-11-21-18-34(19-22(21)14-20)27-8-4-12-38-30(27)39-32(34)43/h2-12,14-17H,13,18-19H2,1H3,(H,38,39,43)/b6-5+/t33-,34-/m1/s1. The number of amides is 2. The number of nitrogens with one attached hydrogen (secondary N) is 1. The summed E-state index contributed by atoms with van der Waals surface area (Å²) >= 11 is 0. The van der Waals surface area contributed by atoms with E-state index in [2.05, 4.69) is 15.3 Å². The summed E-state index contributed by atoms with van der Waals surface area (Å²) in [7, 11) is 0. The Morgan fingerprint density at radius 3 is 2.49 bits per heavy atom. The van der Waals surface area contributed by atoms with Crippen molar-refractivity contribution in [1.82, 2.24) is 9.88 Å². The number of benzene rings is 3. The summed E-state index contributed by atoms with van der Waals surface area (Å²) in [6.45, 7) is 1.62. The zero-order chi connectivity index (χ0) is 29.9. The molecule has 3 heterocycles. The van der Waals surface area contributed by atoms with Crippen molar-refractivity contribution in [3.8, 4) is 0 Å². The van der Waals surface area contributed by atoms with E-state index in [0.717, 1.165) is 40.5 Å². The zero-order valence-corrected chi connectivity index (χ0v) is 23.1. The smallest absolute Gasteiger partial charge is 0.275 e. The highest BCUT2D eigenvalue weighted by Crippen LogP contribution is 2.46. The Labute approximate surface area is 245 Å². The topological polar surface area (TPSA) is 74.7 Å². The van der Waals surface area contributed by atoms with Crippen molar-refractivity contribution in [1.29, 1.82) is 0 Å². The molecule has 0 radical (unpaired) electrons. The number of rotatable bonds is 5. The number of halogens is 3. The van der Waals surface area contributed by atoms with Gasteiger partial charge in [-0.1, -0.05) is 48.6 Å². The summed E-state index contributed by atoms with van der Waals surface area (Å²) in [5.74, 6) is -2.24.